The lowest BCUT2D eigenvalue weighted by Crippen LogP contribution is -2.57. The molecule has 1 unspecified atom stereocenters. The molecule has 1 amide bonds. The van der Waals surface area contributed by atoms with Gasteiger partial charge in [0.25, 0.3) is 0 Å². The van der Waals surface area contributed by atoms with Gasteiger partial charge in [0.2, 0.25) is 5.91 Å². The number of hydrogen-bond acceptors (Lipinski definition) is 4. The Kier molecular flexibility index (Phi) is 5.22. The first-order chi connectivity index (χ1) is 9.92. The number of aliphatic carboxylic acids is 1. The second-order valence-electron chi connectivity index (χ2n) is 6.68. The van der Waals surface area contributed by atoms with Gasteiger partial charge in [0.05, 0.1) is 6.10 Å². The summed E-state index contributed by atoms with van der Waals surface area (Å²) in [6.07, 6.45) is 3.58. The van der Waals surface area contributed by atoms with Gasteiger partial charge < -0.3 is 20.1 Å². The van der Waals surface area contributed by atoms with Crippen LogP contribution in [0.25, 0.3) is 0 Å². The number of likely N-dealkylation sites (tertiary alicyclic amines) is 1. The third-order valence-corrected chi connectivity index (χ3v) is 4.55. The third-order valence-electron chi connectivity index (χ3n) is 4.55. The Bertz CT molecular complexity index is 391. The van der Waals surface area contributed by atoms with Crippen molar-refractivity contribution in [3.05, 3.63) is 0 Å². The minimum Gasteiger partial charge on any atom is -0.480 e. The molecule has 0 aromatic rings. The number of nitrogens with one attached hydrogen (secondary N) is 1. The van der Waals surface area contributed by atoms with E-state index in [0.29, 0.717) is 6.54 Å². The van der Waals surface area contributed by atoms with Gasteiger partial charge in [0.1, 0.15) is 12.6 Å². The zero-order chi connectivity index (χ0) is 15.5. The van der Waals surface area contributed by atoms with Crippen molar-refractivity contribution in [1.29, 1.82) is 0 Å². The molecule has 0 spiro atoms. The monoisotopic (exact) mass is 298 g/mol. The summed E-state index contributed by atoms with van der Waals surface area (Å²) in [7, 11) is 0. The van der Waals surface area contributed by atoms with E-state index in [1.54, 1.807) is 0 Å². The fraction of sp³-hybridized carbons (Fsp3) is 0.867. The predicted molar refractivity (Wildman–Crippen MR) is 78.0 cm³/mol. The molecule has 2 N–H and O–H groups in total. The highest BCUT2D eigenvalue weighted by Crippen LogP contribution is 2.35. The van der Waals surface area contributed by atoms with Gasteiger partial charge in [-0.1, -0.05) is 13.8 Å². The van der Waals surface area contributed by atoms with Gasteiger partial charge in [0, 0.05) is 6.54 Å². The fourth-order valence-corrected chi connectivity index (χ4v) is 3.36. The van der Waals surface area contributed by atoms with Gasteiger partial charge in [0.15, 0.2) is 0 Å². The Morgan fingerprint density at radius 2 is 2.00 bits per heavy atom. The van der Waals surface area contributed by atoms with Gasteiger partial charge in [-0.3, -0.25) is 4.79 Å². The molecule has 2 aliphatic rings. The molecule has 0 bridgehead atoms. The summed E-state index contributed by atoms with van der Waals surface area (Å²) >= 11 is 0. The summed E-state index contributed by atoms with van der Waals surface area (Å²) < 4.78 is 5.67. The highest BCUT2D eigenvalue weighted by atomic mass is 16.5. The van der Waals surface area contributed by atoms with Crippen LogP contribution in [0.15, 0.2) is 0 Å². The minimum absolute atomic E-state index is 0.00940. The van der Waals surface area contributed by atoms with Crippen LogP contribution < -0.4 is 5.32 Å². The first-order valence-corrected chi connectivity index (χ1v) is 7.76. The van der Waals surface area contributed by atoms with Crippen molar-refractivity contribution in [2.45, 2.75) is 51.7 Å². The summed E-state index contributed by atoms with van der Waals surface area (Å²) in [5, 5.41) is 12.7. The molecule has 21 heavy (non-hydrogen) atoms. The first kappa shape index (κ1) is 16.2. The number of piperidine rings is 2. The lowest BCUT2D eigenvalue weighted by atomic mass is 9.76. The van der Waals surface area contributed by atoms with Crippen molar-refractivity contribution in [2.75, 3.05) is 26.2 Å². The number of amides is 1. The first-order valence-electron chi connectivity index (χ1n) is 7.76. The smallest absolute Gasteiger partial charge is 0.326 e. The van der Waals surface area contributed by atoms with E-state index in [0.717, 1.165) is 38.8 Å². The van der Waals surface area contributed by atoms with E-state index in [-0.39, 0.29) is 18.6 Å². The van der Waals surface area contributed by atoms with Crippen LogP contribution in [-0.2, 0) is 14.3 Å². The minimum atomic E-state index is -0.921. The van der Waals surface area contributed by atoms with Crippen LogP contribution in [-0.4, -0.2) is 60.3 Å². The Labute approximate surface area is 125 Å². The molecule has 6 nitrogen and oxygen atoms in total. The van der Waals surface area contributed by atoms with Crippen molar-refractivity contribution in [2.24, 2.45) is 5.41 Å². The van der Waals surface area contributed by atoms with Crippen LogP contribution in [0.5, 0.6) is 0 Å². The van der Waals surface area contributed by atoms with E-state index in [4.69, 9.17) is 4.74 Å². The molecule has 2 aliphatic heterocycles. The van der Waals surface area contributed by atoms with Gasteiger partial charge in [-0.15, -0.1) is 0 Å². The Hall–Kier alpha value is -1.14. The number of hydrogen-bond donors (Lipinski definition) is 2. The lowest BCUT2D eigenvalue weighted by molar-refractivity contribution is -0.161. The normalized spacial score (nSPS) is 26.6. The van der Waals surface area contributed by atoms with Crippen LogP contribution in [0.2, 0.25) is 0 Å². The van der Waals surface area contributed by atoms with Crippen molar-refractivity contribution in [1.82, 2.24) is 10.2 Å². The van der Waals surface area contributed by atoms with Crippen molar-refractivity contribution in [3.63, 3.8) is 0 Å². The topological polar surface area (TPSA) is 78.9 Å². The molecule has 0 aromatic heterocycles. The Morgan fingerprint density at radius 3 is 2.62 bits per heavy atom. The van der Waals surface area contributed by atoms with Crippen LogP contribution in [0.1, 0.15) is 39.5 Å². The molecule has 0 aromatic carbocycles. The standard InChI is InChI=1S/C15H26N2O4/c1-15(2)6-3-9-17(13(15)14(19)20)12(18)10-21-11-4-7-16-8-5-11/h11,13,16H,3-10H2,1-2H3,(H,19,20). The zero-order valence-electron chi connectivity index (χ0n) is 12.9. The largest absolute Gasteiger partial charge is 0.480 e. The maximum atomic E-state index is 12.4. The Balaban J connectivity index is 1.94. The number of ether oxygens (including phenoxy) is 1. The van der Waals surface area contributed by atoms with Crippen molar-refractivity contribution >= 4 is 11.9 Å². The predicted octanol–water partition coefficient (Wildman–Crippen LogP) is 0.857. The summed E-state index contributed by atoms with van der Waals surface area (Å²) in [5.41, 5.74) is -0.394. The van der Waals surface area contributed by atoms with E-state index in [2.05, 4.69) is 5.32 Å². The molecule has 0 aliphatic carbocycles. The van der Waals surface area contributed by atoms with E-state index in [1.165, 1.54) is 4.90 Å². The molecular formula is C15H26N2O4. The zero-order valence-corrected chi connectivity index (χ0v) is 12.9. The number of carboxylic acids is 1. The van der Waals surface area contributed by atoms with Crippen molar-refractivity contribution in [3.8, 4) is 0 Å². The van der Waals surface area contributed by atoms with Crippen LogP contribution >= 0.6 is 0 Å². The molecular weight excluding hydrogens is 272 g/mol. The second kappa shape index (κ2) is 6.75. The molecule has 0 radical (unpaired) electrons. The van der Waals surface area contributed by atoms with Gasteiger partial charge in [-0.2, -0.15) is 0 Å². The molecule has 2 saturated heterocycles. The van der Waals surface area contributed by atoms with E-state index < -0.39 is 17.4 Å². The number of rotatable bonds is 4. The molecule has 6 heteroatoms. The molecule has 2 fully saturated rings. The van der Waals surface area contributed by atoms with E-state index in [1.807, 2.05) is 13.8 Å². The molecule has 2 rings (SSSR count). The van der Waals surface area contributed by atoms with Gasteiger partial charge >= 0.3 is 5.97 Å². The summed E-state index contributed by atoms with van der Waals surface area (Å²) in [6, 6.07) is -0.754. The van der Waals surface area contributed by atoms with E-state index in [9.17, 15) is 14.7 Å². The highest BCUT2D eigenvalue weighted by molar-refractivity contribution is 5.85. The SMILES string of the molecule is CC1(C)CCCN(C(=O)COC2CCNCC2)C1C(=O)O. The van der Waals surface area contributed by atoms with Crippen LogP contribution in [0.3, 0.4) is 0 Å². The number of carbonyl (C=O) groups excluding carboxylic acids is 1. The summed E-state index contributed by atoms with van der Waals surface area (Å²) in [5.74, 6) is -1.12. The number of carboxylic acid groups (broad SMARTS) is 1. The fourth-order valence-electron chi connectivity index (χ4n) is 3.36. The quantitative estimate of drug-likeness (QED) is 0.804. The number of carbonyl (C=O) groups is 2. The molecule has 2 heterocycles. The van der Waals surface area contributed by atoms with Crippen LogP contribution in [0, 0.1) is 5.41 Å². The lowest BCUT2D eigenvalue weighted by Gasteiger charge is -2.44. The molecule has 120 valence electrons. The average molecular weight is 298 g/mol. The van der Waals surface area contributed by atoms with Crippen molar-refractivity contribution < 1.29 is 19.4 Å². The maximum absolute atomic E-state index is 12.4. The van der Waals surface area contributed by atoms with E-state index >= 15 is 0 Å². The molecule has 0 saturated carbocycles. The molecule has 1 atom stereocenters. The summed E-state index contributed by atoms with van der Waals surface area (Å²) in [6.45, 7) is 6.15. The van der Waals surface area contributed by atoms with Gasteiger partial charge in [-0.25, -0.2) is 4.79 Å². The average Bonchev–Trinajstić information content (AvgIpc) is 2.44. The van der Waals surface area contributed by atoms with Crippen LogP contribution in [0.4, 0.5) is 0 Å². The summed E-state index contributed by atoms with van der Waals surface area (Å²) in [4.78, 5) is 25.4. The second-order valence-corrected chi connectivity index (χ2v) is 6.68. The Morgan fingerprint density at radius 1 is 1.33 bits per heavy atom. The number of nitrogens with zero attached hydrogens (tertiary/aromatic N) is 1. The maximum Gasteiger partial charge on any atom is 0.326 e. The highest BCUT2D eigenvalue weighted by Gasteiger charge is 2.44. The van der Waals surface area contributed by atoms with Gasteiger partial charge in [-0.05, 0) is 44.2 Å². The third kappa shape index (κ3) is 3.95.